The van der Waals surface area contributed by atoms with Gasteiger partial charge in [0.25, 0.3) is 0 Å². The summed E-state index contributed by atoms with van der Waals surface area (Å²) in [5, 5.41) is 0. The van der Waals surface area contributed by atoms with Crippen molar-refractivity contribution in [3.63, 3.8) is 0 Å². The Morgan fingerprint density at radius 1 is 0.564 bits per heavy atom. The Kier molecular flexibility index (Phi) is 8.71. The van der Waals surface area contributed by atoms with Crippen molar-refractivity contribution in [1.29, 1.82) is 0 Å². The zero-order valence-corrected chi connectivity index (χ0v) is 22.8. The lowest BCUT2D eigenvalue weighted by Crippen LogP contribution is -2.08. The van der Waals surface area contributed by atoms with E-state index >= 15 is 0 Å². The van der Waals surface area contributed by atoms with Gasteiger partial charge in [0.15, 0.2) is 0 Å². The largest absolute Gasteiger partial charge is 0.488 e. The molecule has 0 amide bonds. The van der Waals surface area contributed by atoms with Crippen molar-refractivity contribution in [1.82, 2.24) is 0 Å². The highest BCUT2D eigenvalue weighted by molar-refractivity contribution is 9.10. The Morgan fingerprint density at radius 3 is 1.46 bits per heavy atom. The fourth-order valence-electron chi connectivity index (χ4n) is 4.11. The number of ether oxygens (including phenoxy) is 3. The molecular weight excluding hydrogens is 552 g/mol. The molecule has 0 spiro atoms. The van der Waals surface area contributed by atoms with Crippen molar-refractivity contribution in [2.75, 3.05) is 0 Å². The van der Waals surface area contributed by atoms with Gasteiger partial charge in [0.2, 0.25) is 0 Å². The summed E-state index contributed by atoms with van der Waals surface area (Å²) in [6.45, 7) is 0.852. The molecule has 0 heterocycles. The maximum Gasteiger partial charge on any atom is 0.338 e. The number of hydrogen-bond donors (Lipinski definition) is 0. The molecular formula is C34H27BrO4. The first kappa shape index (κ1) is 26.3. The van der Waals surface area contributed by atoms with Gasteiger partial charge in [0.05, 0.1) is 11.1 Å². The van der Waals surface area contributed by atoms with Crippen LogP contribution in [0.25, 0.3) is 11.1 Å². The van der Waals surface area contributed by atoms with Gasteiger partial charge in [0, 0.05) is 4.47 Å². The first-order valence-electron chi connectivity index (χ1n) is 12.6. The molecule has 0 bridgehead atoms. The zero-order valence-electron chi connectivity index (χ0n) is 21.3. The summed E-state index contributed by atoms with van der Waals surface area (Å²) in [4.78, 5) is 13.2. The Bertz CT molecular complexity index is 1440. The van der Waals surface area contributed by atoms with E-state index < -0.39 is 5.97 Å². The number of benzene rings is 5. The second-order valence-corrected chi connectivity index (χ2v) is 9.88. The maximum absolute atomic E-state index is 13.2. The minimum absolute atomic E-state index is 0.175. The minimum atomic E-state index is -0.449. The Morgan fingerprint density at radius 2 is 1.00 bits per heavy atom. The van der Waals surface area contributed by atoms with Crippen molar-refractivity contribution < 1.29 is 19.0 Å². The molecule has 0 aliphatic carbocycles. The molecule has 4 nitrogen and oxygen atoms in total. The summed E-state index contributed by atoms with van der Waals surface area (Å²) in [6.07, 6.45) is 0. The number of hydrogen-bond acceptors (Lipinski definition) is 4. The van der Waals surface area contributed by atoms with Crippen LogP contribution in [-0.4, -0.2) is 5.97 Å². The second-order valence-electron chi connectivity index (χ2n) is 8.96. The second kappa shape index (κ2) is 12.9. The molecule has 0 N–H and O–H groups in total. The van der Waals surface area contributed by atoms with Crippen LogP contribution in [0.1, 0.15) is 27.0 Å². The van der Waals surface area contributed by atoms with Gasteiger partial charge < -0.3 is 14.2 Å². The normalized spacial score (nSPS) is 10.6. The van der Waals surface area contributed by atoms with E-state index in [0.717, 1.165) is 32.3 Å². The quantitative estimate of drug-likeness (QED) is 0.155. The van der Waals surface area contributed by atoms with Crippen LogP contribution in [0.4, 0.5) is 0 Å². The molecule has 0 atom stereocenters. The van der Waals surface area contributed by atoms with E-state index in [4.69, 9.17) is 14.2 Å². The van der Waals surface area contributed by atoms with Crippen molar-refractivity contribution in [3.05, 3.63) is 154 Å². The van der Waals surface area contributed by atoms with Crippen LogP contribution in [0, 0.1) is 0 Å². The molecule has 0 aliphatic heterocycles. The van der Waals surface area contributed by atoms with Gasteiger partial charge in [-0.25, -0.2) is 4.79 Å². The third-order valence-corrected chi connectivity index (χ3v) is 6.65. The lowest BCUT2D eigenvalue weighted by Gasteiger charge is -2.19. The highest BCUT2D eigenvalue weighted by atomic mass is 79.9. The molecule has 0 fully saturated rings. The molecule has 0 aromatic heterocycles. The van der Waals surface area contributed by atoms with Gasteiger partial charge in [0.1, 0.15) is 31.3 Å². The average Bonchev–Trinajstić information content (AvgIpc) is 2.99. The first-order chi connectivity index (χ1) is 19.2. The van der Waals surface area contributed by atoms with Crippen molar-refractivity contribution in [2.45, 2.75) is 19.8 Å². The fraction of sp³-hybridized carbons (Fsp3) is 0.0882. The van der Waals surface area contributed by atoms with Crippen LogP contribution in [0.3, 0.4) is 0 Å². The average molecular weight is 579 g/mol. The predicted octanol–water partition coefficient (Wildman–Crippen LogP) is 8.63. The fourth-order valence-corrected chi connectivity index (χ4v) is 4.38. The molecule has 0 saturated heterocycles. The smallest absolute Gasteiger partial charge is 0.338 e. The van der Waals surface area contributed by atoms with Gasteiger partial charge in [-0.2, -0.15) is 0 Å². The van der Waals surface area contributed by atoms with Gasteiger partial charge in [-0.15, -0.1) is 0 Å². The SMILES string of the molecule is O=C(OCc1ccccc1)c1cc(OCc2ccccc2)c(-c2ccc(Br)cc2)c(OCc2ccccc2)c1. The number of rotatable bonds is 10. The van der Waals surface area contributed by atoms with E-state index in [2.05, 4.69) is 15.9 Å². The summed E-state index contributed by atoms with van der Waals surface area (Å²) in [5.74, 6) is 0.632. The molecule has 0 saturated carbocycles. The van der Waals surface area contributed by atoms with E-state index in [-0.39, 0.29) is 6.61 Å². The van der Waals surface area contributed by atoms with Crippen LogP contribution in [0.15, 0.2) is 132 Å². The third kappa shape index (κ3) is 7.15. The van der Waals surface area contributed by atoms with Gasteiger partial charge in [-0.05, 0) is 46.5 Å². The number of halogens is 1. The van der Waals surface area contributed by atoms with Crippen molar-refractivity contribution in [2.24, 2.45) is 0 Å². The summed E-state index contributed by atoms with van der Waals surface area (Å²) < 4.78 is 19.3. The van der Waals surface area contributed by atoms with Crippen LogP contribution in [-0.2, 0) is 24.6 Å². The zero-order chi connectivity index (χ0) is 26.9. The van der Waals surface area contributed by atoms with E-state index in [1.165, 1.54) is 0 Å². The number of carbonyl (C=O) groups excluding carboxylic acids is 1. The van der Waals surface area contributed by atoms with Gasteiger partial charge in [-0.1, -0.05) is 119 Å². The molecule has 5 rings (SSSR count). The predicted molar refractivity (Wildman–Crippen MR) is 157 cm³/mol. The molecule has 5 aromatic carbocycles. The third-order valence-electron chi connectivity index (χ3n) is 6.12. The molecule has 5 aromatic rings. The Hall–Kier alpha value is -4.35. The number of esters is 1. The standard InChI is InChI=1S/C34H27BrO4/c35-30-18-16-28(17-19-30)33-31(37-22-25-10-4-1-5-11-25)20-29(34(36)39-24-27-14-8-3-9-15-27)21-32(33)38-23-26-12-6-2-7-13-26/h1-21H,22-24H2. The van der Waals surface area contributed by atoms with Crippen molar-refractivity contribution in [3.8, 4) is 22.6 Å². The molecule has 0 aliphatic rings. The van der Waals surface area contributed by atoms with E-state index in [0.29, 0.717) is 30.3 Å². The van der Waals surface area contributed by atoms with Gasteiger partial charge in [-0.3, -0.25) is 0 Å². The molecule has 0 radical (unpaired) electrons. The van der Waals surface area contributed by atoms with Crippen molar-refractivity contribution >= 4 is 21.9 Å². The molecule has 194 valence electrons. The lowest BCUT2D eigenvalue weighted by molar-refractivity contribution is 0.0471. The topological polar surface area (TPSA) is 44.8 Å². The van der Waals surface area contributed by atoms with Crippen LogP contribution in [0.5, 0.6) is 11.5 Å². The summed E-state index contributed by atoms with van der Waals surface area (Å²) in [7, 11) is 0. The maximum atomic E-state index is 13.2. The van der Waals surface area contributed by atoms with E-state index in [9.17, 15) is 4.79 Å². The summed E-state index contributed by atoms with van der Waals surface area (Å²) >= 11 is 3.52. The summed E-state index contributed by atoms with van der Waals surface area (Å²) in [5.41, 5.74) is 4.99. The van der Waals surface area contributed by atoms with E-state index in [1.54, 1.807) is 12.1 Å². The molecule has 0 unspecified atom stereocenters. The van der Waals surface area contributed by atoms with Crippen LogP contribution in [0.2, 0.25) is 0 Å². The highest BCUT2D eigenvalue weighted by Crippen LogP contribution is 2.41. The Labute approximate surface area is 236 Å². The van der Waals surface area contributed by atoms with Gasteiger partial charge >= 0.3 is 5.97 Å². The monoisotopic (exact) mass is 578 g/mol. The Balaban J connectivity index is 1.53. The molecule has 5 heteroatoms. The summed E-state index contributed by atoms with van der Waals surface area (Å²) in [6, 6.07) is 40.9. The van der Waals surface area contributed by atoms with Crippen LogP contribution >= 0.6 is 15.9 Å². The first-order valence-corrected chi connectivity index (χ1v) is 13.4. The lowest BCUT2D eigenvalue weighted by atomic mass is 10.0. The molecule has 39 heavy (non-hydrogen) atoms. The minimum Gasteiger partial charge on any atom is -0.488 e. The number of carbonyl (C=O) groups is 1. The van der Waals surface area contributed by atoms with E-state index in [1.807, 2.05) is 115 Å². The van der Waals surface area contributed by atoms with Crippen LogP contribution < -0.4 is 9.47 Å². The highest BCUT2D eigenvalue weighted by Gasteiger charge is 2.20.